The molecule has 3 N–H and O–H groups in total. The van der Waals surface area contributed by atoms with Crippen LogP contribution in [0.4, 0.5) is 10.5 Å². The summed E-state index contributed by atoms with van der Waals surface area (Å²) in [5.74, 6) is 1.14. The average Bonchev–Trinajstić information content (AvgIpc) is 3.27. The number of anilines is 1. The summed E-state index contributed by atoms with van der Waals surface area (Å²) < 4.78 is 6.72. The first-order valence-corrected chi connectivity index (χ1v) is 7.87. The molecule has 0 aliphatic carbocycles. The fourth-order valence-electron chi connectivity index (χ4n) is 2.38. The molecule has 0 bridgehead atoms. The van der Waals surface area contributed by atoms with Crippen molar-refractivity contribution in [2.75, 3.05) is 5.32 Å². The van der Waals surface area contributed by atoms with E-state index in [0.29, 0.717) is 23.7 Å². The number of hydrogen-bond acceptors (Lipinski definition) is 5. The molecular formula is C17H19N5O3. The number of furan rings is 1. The summed E-state index contributed by atoms with van der Waals surface area (Å²) >= 11 is 0. The van der Waals surface area contributed by atoms with Crippen LogP contribution in [0.3, 0.4) is 0 Å². The van der Waals surface area contributed by atoms with Gasteiger partial charge in [0.05, 0.1) is 24.3 Å². The molecule has 2 unspecified atom stereocenters. The van der Waals surface area contributed by atoms with E-state index in [0.717, 1.165) is 0 Å². The van der Waals surface area contributed by atoms with Gasteiger partial charge in [0, 0.05) is 18.7 Å². The average molecular weight is 341 g/mol. The Morgan fingerprint density at radius 2 is 2.24 bits per heavy atom. The number of pyridine rings is 1. The van der Waals surface area contributed by atoms with Gasteiger partial charge in [-0.15, -0.1) is 0 Å². The molecule has 0 saturated heterocycles. The number of amides is 2. The number of aliphatic hydroxyl groups is 1. The van der Waals surface area contributed by atoms with Gasteiger partial charge in [-0.05, 0) is 31.2 Å². The molecule has 2 atom stereocenters. The smallest absolute Gasteiger partial charge is 0.319 e. The van der Waals surface area contributed by atoms with Gasteiger partial charge in [0.25, 0.3) is 0 Å². The number of nitrogens with one attached hydrogen (secondary N) is 2. The monoisotopic (exact) mass is 341 g/mol. The van der Waals surface area contributed by atoms with Crippen LogP contribution < -0.4 is 10.6 Å². The van der Waals surface area contributed by atoms with Crippen LogP contribution in [0.5, 0.6) is 0 Å². The highest BCUT2D eigenvalue weighted by Gasteiger charge is 2.16. The molecule has 3 aromatic heterocycles. The van der Waals surface area contributed by atoms with Gasteiger partial charge in [-0.3, -0.25) is 0 Å². The van der Waals surface area contributed by atoms with Crippen molar-refractivity contribution in [2.45, 2.75) is 25.5 Å². The van der Waals surface area contributed by atoms with E-state index < -0.39 is 6.10 Å². The first-order chi connectivity index (χ1) is 12.1. The molecule has 3 rings (SSSR count). The molecule has 0 fully saturated rings. The van der Waals surface area contributed by atoms with Crippen LogP contribution in [0.15, 0.2) is 59.6 Å². The molecule has 3 heterocycles. The minimum atomic E-state index is -0.766. The lowest BCUT2D eigenvalue weighted by Crippen LogP contribution is -2.36. The topological polar surface area (TPSA) is 105 Å². The molecule has 8 nitrogen and oxygen atoms in total. The van der Waals surface area contributed by atoms with Gasteiger partial charge in [0.2, 0.25) is 0 Å². The molecule has 130 valence electrons. The molecule has 0 radical (unpaired) electrons. The third-order valence-corrected chi connectivity index (χ3v) is 3.55. The van der Waals surface area contributed by atoms with Crippen molar-refractivity contribution in [3.8, 4) is 5.82 Å². The van der Waals surface area contributed by atoms with Crippen molar-refractivity contribution in [1.82, 2.24) is 20.1 Å². The summed E-state index contributed by atoms with van der Waals surface area (Å²) in [5.41, 5.74) is 0.543. The van der Waals surface area contributed by atoms with Gasteiger partial charge in [-0.1, -0.05) is 6.07 Å². The van der Waals surface area contributed by atoms with Gasteiger partial charge in [0.1, 0.15) is 11.9 Å². The Bertz CT molecular complexity index is 801. The van der Waals surface area contributed by atoms with E-state index >= 15 is 0 Å². The summed E-state index contributed by atoms with van der Waals surface area (Å²) in [6.07, 6.45) is 5.96. The van der Waals surface area contributed by atoms with Gasteiger partial charge in [-0.2, -0.15) is 5.10 Å². The number of rotatable bonds is 6. The number of aliphatic hydroxyl groups excluding tert-OH is 1. The zero-order chi connectivity index (χ0) is 17.6. The lowest BCUT2D eigenvalue weighted by atomic mass is 10.1. The van der Waals surface area contributed by atoms with Crippen LogP contribution in [0.25, 0.3) is 5.82 Å². The van der Waals surface area contributed by atoms with Crippen LogP contribution in [-0.2, 0) is 0 Å². The van der Waals surface area contributed by atoms with Crippen LogP contribution in [0, 0.1) is 0 Å². The number of urea groups is 1. The van der Waals surface area contributed by atoms with Crippen molar-refractivity contribution in [3.05, 3.63) is 60.9 Å². The summed E-state index contributed by atoms with van der Waals surface area (Å²) in [4.78, 5) is 16.2. The van der Waals surface area contributed by atoms with Crippen molar-refractivity contribution in [3.63, 3.8) is 0 Å². The number of carbonyl (C=O) groups is 1. The molecular weight excluding hydrogens is 322 g/mol. The van der Waals surface area contributed by atoms with Gasteiger partial charge >= 0.3 is 6.03 Å². The first-order valence-electron chi connectivity index (χ1n) is 7.87. The molecule has 0 spiro atoms. The number of nitrogens with zero attached hydrogens (tertiary/aromatic N) is 3. The molecule has 0 aromatic carbocycles. The third-order valence-electron chi connectivity index (χ3n) is 3.55. The van der Waals surface area contributed by atoms with E-state index in [1.54, 1.807) is 29.2 Å². The molecule has 0 saturated carbocycles. The second kappa shape index (κ2) is 7.63. The second-order valence-electron chi connectivity index (χ2n) is 5.63. The zero-order valence-electron chi connectivity index (χ0n) is 13.7. The minimum absolute atomic E-state index is 0.245. The van der Waals surface area contributed by atoms with Crippen LogP contribution >= 0.6 is 0 Å². The predicted octanol–water partition coefficient (Wildman–Crippen LogP) is 2.49. The van der Waals surface area contributed by atoms with Gasteiger partial charge in [-0.25, -0.2) is 14.5 Å². The maximum Gasteiger partial charge on any atom is 0.319 e. The fourth-order valence-corrected chi connectivity index (χ4v) is 2.38. The highest BCUT2D eigenvalue weighted by Crippen LogP contribution is 2.18. The Hall–Kier alpha value is -3.13. The predicted molar refractivity (Wildman–Crippen MR) is 91.3 cm³/mol. The van der Waals surface area contributed by atoms with Crippen molar-refractivity contribution in [2.24, 2.45) is 0 Å². The largest absolute Gasteiger partial charge is 0.467 e. The SMILES string of the molecule is CC(CC(O)c1ccco1)NC(=O)Nc1cnn(-c2ccccn2)c1. The third kappa shape index (κ3) is 4.45. The normalized spacial score (nSPS) is 13.2. The van der Waals surface area contributed by atoms with Gasteiger partial charge < -0.3 is 20.2 Å². The molecule has 2 amide bonds. The zero-order valence-corrected chi connectivity index (χ0v) is 13.7. The fraction of sp³-hybridized carbons (Fsp3) is 0.235. The Morgan fingerprint density at radius 3 is 2.96 bits per heavy atom. The lowest BCUT2D eigenvalue weighted by molar-refractivity contribution is 0.130. The number of aromatic nitrogens is 3. The number of carbonyl (C=O) groups excluding carboxylic acids is 1. The summed E-state index contributed by atoms with van der Waals surface area (Å²) in [6, 6.07) is 8.28. The standard InChI is InChI=1S/C17H19N5O3/c1-12(9-14(23)15-5-4-8-25-15)20-17(24)21-13-10-19-22(11-13)16-6-2-3-7-18-16/h2-8,10-12,14,23H,9H2,1H3,(H2,20,21,24). The second-order valence-corrected chi connectivity index (χ2v) is 5.63. The van der Waals surface area contributed by atoms with E-state index in [9.17, 15) is 9.90 Å². The quantitative estimate of drug-likeness (QED) is 0.639. The van der Waals surface area contributed by atoms with E-state index in [-0.39, 0.29) is 12.1 Å². The van der Waals surface area contributed by atoms with Crippen molar-refractivity contribution < 1.29 is 14.3 Å². The molecule has 0 aliphatic heterocycles. The van der Waals surface area contributed by atoms with E-state index in [1.807, 2.05) is 25.1 Å². The maximum atomic E-state index is 12.1. The van der Waals surface area contributed by atoms with Crippen LogP contribution in [0.2, 0.25) is 0 Å². The Balaban J connectivity index is 1.51. The molecule has 0 aliphatic rings. The maximum absolute atomic E-state index is 12.1. The molecule has 3 aromatic rings. The van der Waals surface area contributed by atoms with Crippen LogP contribution in [0.1, 0.15) is 25.2 Å². The van der Waals surface area contributed by atoms with E-state index in [1.165, 1.54) is 12.5 Å². The molecule has 25 heavy (non-hydrogen) atoms. The summed E-state index contributed by atoms with van der Waals surface area (Å²) in [7, 11) is 0. The molecule has 8 heteroatoms. The minimum Gasteiger partial charge on any atom is -0.467 e. The summed E-state index contributed by atoms with van der Waals surface area (Å²) in [6.45, 7) is 1.81. The summed E-state index contributed by atoms with van der Waals surface area (Å²) in [5, 5.41) is 19.7. The van der Waals surface area contributed by atoms with Crippen molar-refractivity contribution in [1.29, 1.82) is 0 Å². The Labute approximate surface area is 144 Å². The van der Waals surface area contributed by atoms with Crippen LogP contribution in [-0.4, -0.2) is 31.9 Å². The Kier molecular flexibility index (Phi) is 5.10. The first kappa shape index (κ1) is 16.7. The highest BCUT2D eigenvalue weighted by molar-refractivity contribution is 5.89. The Morgan fingerprint density at radius 1 is 1.36 bits per heavy atom. The number of hydrogen-bond donors (Lipinski definition) is 3. The lowest BCUT2D eigenvalue weighted by Gasteiger charge is -2.16. The van der Waals surface area contributed by atoms with E-state index in [4.69, 9.17) is 4.42 Å². The highest BCUT2D eigenvalue weighted by atomic mass is 16.4. The van der Waals surface area contributed by atoms with E-state index in [2.05, 4.69) is 20.7 Å². The van der Waals surface area contributed by atoms with Crippen molar-refractivity contribution >= 4 is 11.7 Å². The van der Waals surface area contributed by atoms with Gasteiger partial charge in [0.15, 0.2) is 5.82 Å².